The Kier molecular flexibility index (Phi) is 5.89. The maximum Gasteiger partial charge on any atom is 0.315 e. The average Bonchev–Trinajstić information content (AvgIpc) is 2.77. The van der Waals surface area contributed by atoms with Crippen molar-refractivity contribution in [1.82, 2.24) is 4.98 Å². The second kappa shape index (κ2) is 9.09. The number of hydrogen-bond donors (Lipinski definition) is 1. The number of nitrogens with zero attached hydrogens (tertiary/aromatic N) is 1. The summed E-state index contributed by atoms with van der Waals surface area (Å²) >= 11 is 0. The Hall–Kier alpha value is -4.19. The van der Waals surface area contributed by atoms with Crippen molar-refractivity contribution in [2.75, 3.05) is 5.32 Å². The molecule has 0 bridgehead atoms. The van der Waals surface area contributed by atoms with Crippen molar-refractivity contribution in [1.29, 1.82) is 0 Å². The van der Waals surface area contributed by atoms with Crippen LogP contribution in [0.15, 0.2) is 79.0 Å². The summed E-state index contributed by atoms with van der Waals surface area (Å²) in [5, 5.41) is 3.48. The van der Waals surface area contributed by atoms with Gasteiger partial charge in [0.15, 0.2) is 0 Å². The number of nitrogens with one attached hydrogen (secondary N) is 1. The third kappa shape index (κ3) is 4.87. The molecule has 0 unspecified atom stereocenters. The van der Waals surface area contributed by atoms with E-state index in [0.29, 0.717) is 29.3 Å². The molecule has 1 N–H and O–H groups in total. The summed E-state index contributed by atoms with van der Waals surface area (Å²) in [4.78, 5) is 27.4. The second-order valence-electron chi connectivity index (χ2n) is 6.97. The molecule has 0 radical (unpaired) electrons. The molecule has 0 spiro atoms. The van der Waals surface area contributed by atoms with Crippen LogP contribution in [-0.2, 0) is 16.0 Å². The highest BCUT2D eigenvalue weighted by Crippen LogP contribution is 2.32. The van der Waals surface area contributed by atoms with Crippen molar-refractivity contribution >= 4 is 29.0 Å². The molecule has 6 nitrogen and oxygen atoms in total. The molecule has 0 fully saturated rings. The van der Waals surface area contributed by atoms with Crippen molar-refractivity contribution in [3.05, 3.63) is 90.1 Å². The standard InChI is InChI=1S/C25H20N2O4/c1-17-13-23-21(15-22(17)27-16-28)24(11-12-26-23)30-20-9-7-18(8-10-20)14-25(29)31-19-5-3-2-4-6-19/h2-13,15-16H,14H2,1H3,(H,27,28). The third-order valence-corrected chi connectivity index (χ3v) is 4.74. The number of carbonyl (C=O) groups excluding carboxylic acids is 2. The molecule has 0 aliphatic rings. The topological polar surface area (TPSA) is 77.5 Å². The van der Waals surface area contributed by atoms with E-state index in [2.05, 4.69) is 10.3 Å². The molecule has 0 atom stereocenters. The first-order chi connectivity index (χ1) is 15.1. The minimum absolute atomic E-state index is 0.160. The zero-order valence-corrected chi connectivity index (χ0v) is 16.9. The van der Waals surface area contributed by atoms with E-state index in [-0.39, 0.29) is 12.4 Å². The Morgan fingerprint density at radius 3 is 2.52 bits per heavy atom. The van der Waals surface area contributed by atoms with Crippen molar-refractivity contribution in [2.45, 2.75) is 13.3 Å². The fraction of sp³-hybridized carbons (Fsp3) is 0.0800. The van der Waals surface area contributed by atoms with E-state index in [1.807, 2.05) is 49.4 Å². The van der Waals surface area contributed by atoms with Crippen molar-refractivity contribution in [2.24, 2.45) is 0 Å². The van der Waals surface area contributed by atoms with Gasteiger partial charge in [-0.05, 0) is 60.5 Å². The monoisotopic (exact) mass is 412 g/mol. The highest BCUT2D eigenvalue weighted by atomic mass is 16.5. The van der Waals surface area contributed by atoms with Crippen LogP contribution < -0.4 is 14.8 Å². The highest BCUT2D eigenvalue weighted by molar-refractivity contribution is 5.91. The molecule has 4 aromatic rings. The van der Waals surface area contributed by atoms with Crippen LogP contribution in [0.1, 0.15) is 11.1 Å². The lowest BCUT2D eigenvalue weighted by atomic mass is 10.1. The Morgan fingerprint density at radius 1 is 1.00 bits per heavy atom. The quantitative estimate of drug-likeness (QED) is 0.261. The fourth-order valence-electron chi connectivity index (χ4n) is 3.20. The molecule has 1 heterocycles. The number of aryl methyl sites for hydroxylation is 1. The number of pyridine rings is 1. The van der Waals surface area contributed by atoms with E-state index < -0.39 is 0 Å². The number of rotatable bonds is 7. The van der Waals surface area contributed by atoms with Gasteiger partial charge in [0.25, 0.3) is 0 Å². The molecule has 31 heavy (non-hydrogen) atoms. The van der Waals surface area contributed by atoms with Gasteiger partial charge in [0, 0.05) is 17.3 Å². The number of ether oxygens (including phenoxy) is 2. The van der Waals surface area contributed by atoms with Gasteiger partial charge >= 0.3 is 5.97 Å². The highest BCUT2D eigenvalue weighted by Gasteiger charge is 2.10. The van der Waals surface area contributed by atoms with Gasteiger partial charge < -0.3 is 14.8 Å². The number of hydrogen-bond acceptors (Lipinski definition) is 5. The van der Waals surface area contributed by atoms with Crippen molar-refractivity contribution in [3.63, 3.8) is 0 Å². The first-order valence-electron chi connectivity index (χ1n) is 9.74. The van der Waals surface area contributed by atoms with E-state index in [1.165, 1.54) is 0 Å². The minimum Gasteiger partial charge on any atom is -0.457 e. The third-order valence-electron chi connectivity index (χ3n) is 4.74. The van der Waals surface area contributed by atoms with Crippen LogP contribution in [0, 0.1) is 6.92 Å². The Morgan fingerprint density at radius 2 is 1.77 bits per heavy atom. The molecule has 1 amide bonds. The van der Waals surface area contributed by atoms with Crippen LogP contribution in [0.2, 0.25) is 0 Å². The molecule has 0 saturated heterocycles. The average molecular weight is 412 g/mol. The lowest BCUT2D eigenvalue weighted by Gasteiger charge is -2.12. The normalized spacial score (nSPS) is 10.5. The molecule has 4 rings (SSSR count). The first-order valence-corrected chi connectivity index (χ1v) is 9.74. The maximum atomic E-state index is 12.1. The maximum absolute atomic E-state index is 12.1. The summed E-state index contributed by atoms with van der Waals surface area (Å²) in [6.45, 7) is 1.90. The van der Waals surface area contributed by atoms with Gasteiger partial charge in [0.2, 0.25) is 6.41 Å². The fourth-order valence-corrected chi connectivity index (χ4v) is 3.20. The van der Waals surface area contributed by atoms with E-state index in [4.69, 9.17) is 9.47 Å². The lowest BCUT2D eigenvalue weighted by Crippen LogP contribution is -2.11. The van der Waals surface area contributed by atoms with Gasteiger partial charge in [-0.2, -0.15) is 0 Å². The number of benzene rings is 3. The van der Waals surface area contributed by atoms with Crippen LogP contribution in [0.5, 0.6) is 17.2 Å². The van der Waals surface area contributed by atoms with E-state index in [1.54, 1.807) is 36.5 Å². The summed E-state index contributed by atoms with van der Waals surface area (Å²) in [6.07, 6.45) is 2.48. The molecule has 0 aliphatic heterocycles. The molecule has 0 aliphatic carbocycles. The summed E-state index contributed by atoms with van der Waals surface area (Å²) in [6, 6.07) is 21.8. The van der Waals surface area contributed by atoms with Crippen LogP contribution >= 0.6 is 0 Å². The van der Waals surface area contributed by atoms with Crippen molar-refractivity contribution in [3.8, 4) is 17.2 Å². The molecular weight excluding hydrogens is 392 g/mol. The van der Waals surface area contributed by atoms with Crippen LogP contribution in [-0.4, -0.2) is 17.4 Å². The first kappa shape index (κ1) is 20.1. The molecule has 1 aromatic heterocycles. The van der Waals surface area contributed by atoms with E-state index in [9.17, 15) is 9.59 Å². The Balaban J connectivity index is 1.49. The number of fused-ring (bicyclic) bond motifs is 1. The number of anilines is 1. The summed E-state index contributed by atoms with van der Waals surface area (Å²) in [7, 11) is 0. The zero-order valence-electron chi connectivity index (χ0n) is 16.9. The van der Waals surface area contributed by atoms with Gasteiger partial charge in [-0.25, -0.2) is 0 Å². The Bertz CT molecular complexity index is 1220. The molecular formula is C25H20N2O4. The lowest BCUT2D eigenvalue weighted by molar-refractivity contribution is -0.133. The largest absolute Gasteiger partial charge is 0.457 e. The number of carbonyl (C=O) groups is 2. The molecule has 6 heteroatoms. The van der Waals surface area contributed by atoms with Crippen LogP contribution in [0.3, 0.4) is 0 Å². The number of esters is 1. The molecule has 154 valence electrons. The van der Waals surface area contributed by atoms with E-state index in [0.717, 1.165) is 22.0 Å². The van der Waals surface area contributed by atoms with Gasteiger partial charge in [-0.15, -0.1) is 0 Å². The van der Waals surface area contributed by atoms with Gasteiger partial charge in [-0.1, -0.05) is 30.3 Å². The SMILES string of the molecule is Cc1cc2nccc(Oc3ccc(CC(=O)Oc4ccccc4)cc3)c2cc1NC=O. The van der Waals surface area contributed by atoms with Crippen molar-refractivity contribution < 1.29 is 19.1 Å². The van der Waals surface area contributed by atoms with Gasteiger partial charge in [-0.3, -0.25) is 14.6 Å². The van der Waals surface area contributed by atoms with Crippen LogP contribution in [0.4, 0.5) is 5.69 Å². The smallest absolute Gasteiger partial charge is 0.315 e. The molecule has 3 aromatic carbocycles. The van der Waals surface area contributed by atoms with Crippen LogP contribution in [0.25, 0.3) is 10.9 Å². The minimum atomic E-state index is -0.328. The zero-order chi connectivity index (χ0) is 21.6. The summed E-state index contributed by atoms with van der Waals surface area (Å²) in [5.41, 5.74) is 3.20. The second-order valence-corrected chi connectivity index (χ2v) is 6.97. The predicted molar refractivity (Wildman–Crippen MR) is 118 cm³/mol. The number of aromatic nitrogens is 1. The summed E-state index contributed by atoms with van der Waals surface area (Å²) in [5.74, 6) is 1.44. The Labute approximate surface area is 179 Å². The van der Waals surface area contributed by atoms with Gasteiger partial charge in [0.1, 0.15) is 17.2 Å². The predicted octanol–water partition coefficient (Wildman–Crippen LogP) is 5.05. The molecule has 0 saturated carbocycles. The number of amides is 1. The van der Waals surface area contributed by atoms with E-state index >= 15 is 0 Å². The summed E-state index contributed by atoms with van der Waals surface area (Å²) < 4.78 is 11.4. The number of para-hydroxylation sites is 1. The van der Waals surface area contributed by atoms with Gasteiger partial charge in [0.05, 0.1) is 11.9 Å².